The molecule has 0 aliphatic rings. The second kappa shape index (κ2) is 14.3. The van der Waals surface area contributed by atoms with Crippen molar-refractivity contribution in [2.24, 2.45) is 0 Å². The second-order valence-electron chi connectivity index (χ2n) is 17.1. The van der Waals surface area contributed by atoms with Crippen LogP contribution in [-0.4, -0.2) is 19.5 Å². The molecule has 66 heavy (non-hydrogen) atoms. The van der Waals surface area contributed by atoms with Gasteiger partial charge < -0.3 is 8.98 Å². The summed E-state index contributed by atoms with van der Waals surface area (Å²) in [6.07, 6.45) is 0. The third kappa shape index (κ3) is 5.57. The van der Waals surface area contributed by atoms with E-state index in [1.165, 1.54) is 26.9 Å². The Kier molecular flexibility index (Phi) is 7.91. The third-order valence-electron chi connectivity index (χ3n) is 13.4. The van der Waals surface area contributed by atoms with Crippen LogP contribution in [0.3, 0.4) is 0 Å². The predicted octanol–water partition coefficient (Wildman–Crippen LogP) is 16.1. The number of hydrogen-bond acceptors (Lipinski definition) is 4. The smallest absolute Gasteiger partial charge is 0.170 e. The van der Waals surface area contributed by atoms with Crippen molar-refractivity contribution in [2.75, 3.05) is 0 Å². The van der Waals surface area contributed by atoms with Gasteiger partial charge in [-0.3, -0.25) is 0 Å². The van der Waals surface area contributed by atoms with Gasteiger partial charge in [-0.2, -0.15) is 0 Å². The van der Waals surface area contributed by atoms with Gasteiger partial charge in [-0.25, -0.2) is 15.0 Å². The van der Waals surface area contributed by atoms with Crippen LogP contribution in [0, 0.1) is 0 Å². The number of furan rings is 1. The summed E-state index contributed by atoms with van der Waals surface area (Å²) in [7, 11) is 0. The first-order valence-corrected chi connectivity index (χ1v) is 22.3. The number of fused-ring (bicyclic) bond motifs is 12. The van der Waals surface area contributed by atoms with Crippen LogP contribution in [0.1, 0.15) is 0 Å². The molecule has 306 valence electrons. The van der Waals surface area contributed by atoms with E-state index in [4.69, 9.17) is 19.4 Å². The topological polar surface area (TPSA) is 56.7 Å². The maximum absolute atomic E-state index is 7.27. The van der Waals surface area contributed by atoms with E-state index in [9.17, 15) is 0 Å². The summed E-state index contributed by atoms with van der Waals surface area (Å²) < 4.78 is 9.67. The van der Waals surface area contributed by atoms with Gasteiger partial charge in [0, 0.05) is 38.1 Å². The van der Waals surface area contributed by atoms with Crippen molar-refractivity contribution >= 4 is 86.8 Å². The van der Waals surface area contributed by atoms with Gasteiger partial charge in [-0.05, 0) is 85.2 Å². The summed E-state index contributed by atoms with van der Waals surface area (Å²) >= 11 is 0. The summed E-state index contributed by atoms with van der Waals surface area (Å²) in [6.45, 7) is 0. The molecule has 3 heterocycles. The highest BCUT2D eigenvalue weighted by atomic mass is 16.3. The maximum Gasteiger partial charge on any atom is 0.170 e. The Morgan fingerprint density at radius 2 is 0.879 bits per heavy atom. The normalized spacial score (nSPS) is 11.9. The van der Waals surface area contributed by atoms with Crippen LogP contribution in [-0.2, 0) is 0 Å². The summed E-state index contributed by atoms with van der Waals surface area (Å²) in [4.78, 5) is 16.3. The van der Waals surface area contributed by atoms with Crippen molar-refractivity contribution in [1.82, 2.24) is 19.5 Å². The Bertz CT molecular complexity index is 4280. The van der Waals surface area contributed by atoms with Crippen molar-refractivity contribution in [3.63, 3.8) is 0 Å². The molecule has 0 saturated carbocycles. The zero-order chi connectivity index (χ0) is 43.3. The molecule has 0 radical (unpaired) electrons. The van der Waals surface area contributed by atoms with E-state index in [1.807, 2.05) is 6.07 Å². The molecule has 0 amide bonds. The predicted molar refractivity (Wildman–Crippen MR) is 273 cm³/mol. The largest absolute Gasteiger partial charge is 0.455 e. The van der Waals surface area contributed by atoms with Crippen molar-refractivity contribution in [3.05, 3.63) is 218 Å². The molecule has 0 unspecified atom stereocenters. The second-order valence-corrected chi connectivity index (χ2v) is 17.1. The van der Waals surface area contributed by atoms with Gasteiger partial charge in [0.1, 0.15) is 11.2 Å². The van der Waals surface area contributed by atoms with Crippen molar-refractivity contribution in [1.29, 1.82) is 0 Å². The van der Waals surface area contributed by atoms with Crippen molar-refractivity contribution in [3.8, 4) is 51.0 Å². The van der Waals surface area contributed by atoms with E-state index in [0.29, 0.717) is 17.5 Å². The molecule has 0 N–H and O–H groups in total. The molecule has 0 atom stereocenters. The lowest BCUT2D eigenvalue weighted by atomic mass is 10.0. The highest BCUT2D eigenvalue weighted by Crippen LogP contribution is 2.46. The van der Waals surface area contributed by atoms with E-state index in [1.54, 1.807) is 0 Å². The third-order valence-corrected chi connectivity index (χ3v) is 13.4. The molecular weight excluding hydrogens is 805 g/mol. The van der Waals surface area contributed by atoms with Crippen LogP contribution in [0.2, 0.25) is 0 Å². The van der Waals surface area contributed by atoms with Crippen molar-refractivity contribution in [2.45, 2.75) is 0 Å². The Morgan fingerprint density at radius 1 is 0.318 bits per heavy atom. The standard InChI is InChI=1S/C61H36N4O/c1-2-13-37(14-3-1)38-25-27-42(28-26-38)59-62-60(50-24-12-20-39-15-6-9-21-45(39)50)64-61(63-59)56-53(34-32-49-48-31-29-41-17-8-11-23-47(41)57(48)66-58(49)56)65-52-33-30-40-16-7-10-22-46(40)55(52)51-35-43-18-4-5-19-44(43)36-54(51)65/h1-36H. The minimum Gasteiger partial charge on any atom is -0.455 e. The fourth-order valence-electron chi connectivity index (χ4n) is 10.3. The number of hydrogen-bond donors (Lipinski definition) is 0. The highest BCUT2D eigenvalue weighted by Gasteiger charge is 2.26. The summed E-state index contributed by atoms with van der Waals surface area (Å²) in [5, 5.41) is 13.5. The van der Waals surface area contributed by atoms with E-state index >= 15 is 0 Å². The number of nitrogens with zero attached hydrogens (tertiary/aromatic N) is 4. The van der Waals surface area contributed by atoms with E-state index < -0.39 is 0 Å². The SMILES string of the molecule is c1ccc(-c2ccc(-c3nc(-c4cccc5ccccc45)nc(-c4c(-n5c6cc7ccccc7cc6c6c7ccccc7ccc65)ccc5c4oc4c6ccccc6ccc54)n3)cc2)cc1. The van der Waals surface area contributed by atoms with E-state index in [2.05, 4.69) is 217 Å². The molecule has 3 aromatic heterocycles. The quantitative estimate of drug-likeness (QED) is 0.173. The van der Waals surface area contributed by atoms with E-state index in [0.717, 1.165) is 93.4 Å². The van der Waals surface area contributed by atoms with Gasteiger partial charge in [0.15, 0.2) is 17.5 Å². The maximum atomic E-state index is 7.27. The minimum absolute atomic E-state index is 0.524. The zero-order valence-electron chi connectivity index (χ0n) is 35.5. The fourth-order valence-corrected chi connectivity index (χ4v) is 10.3. The molecule has 0 aliphatic heterocycles. The van der Waals surface area contributed by atoms with Crippen LogP contribution in [0.15, 0.2) is 223 Å². The lowest BCUT2D eigenvalue weighted by Crippen LogP contribution is -2.04. The van der Waals surface area contributed by atoms with Crippen molar-refractivity contribution < 1.29 is 4.42 Å². The van der Waals surface area contributed by atoms with Gasteiger partial charge >= 0.3 is 0 Å². The first kappa shape index (κ1) is 36.5. The molecule has 0 bridgehead atoms. The molecule has 14 aromatic rings. The van der Waals surface area contributed by atoms with Crippen LogP contribution < -0.4 is 0 Å². The van der Waals surface area contributed by atoms with Crippen LogP contribution in [0.25, 0.3) is 138 Å². The highest BCUT2D eigenvalue weighted by molar-refractivity contribution is 6.24. The molecule has 14 rings (SSSR count). The Hall–Kier alpha value is -8.93. The van der Waals surface area contributed by atoms with Gasteiger partial charge in [0.05, 0.1) is 22.3 Å². The molecule has 0 saturated heterocycles. The molecule has 0 fully saturated rings. The molecule has 5 heteroatoms. The van der Waals surface area contributed by atoms with E-state index in [-0.39, 0.29) is 0 Å². The first-order valence-electron chi connectivity index (χ1n) is 22.3. The lowest BCUT2D eigenvalue weighted by Gasteiger charge is -2.16. The molecule has 11 aromatic carbocycles. The van der Waals surface area contributed by atoms with Gasteiger partial charge in [0.25, 0.3) is 0 Å². The van der Waals surface area contributed by atoms with Gasteiger partial charge in [0.2, 0.25) is 0 Å². The summed E-state index contributed by atoms with van der Waals surface area (Å²) in [5.74, 6) is 1.68. The van der Waals surface area contributed by atoms with Crippen LogP contribution in [0.5, 0.6) is 0 Å². The monoisotopic (exact) mass is 840 g/mol. The number of benzene rings is 11. The molecule has 0 aliphatic carbocycles. The van der Waals surface area contributed by atoms with Gasteiger partial charge in [-0.15, -0.1) is 0 Å². The average molecular weight is 841 g/mol. The number of rotatable bonds is 5. The fraction of sp³-hybridized carbons (Fsp3) is 0. The molecular formula is C61H36N4O. The number of aromatic nitrogens is 4. The summed E-state index contributed by atoms with van der Waals surface area (Å²) in [5.41, 5.74) is 9.51. The van der Waals surface area contributed by atoms with Crippen LogP contribution in [0.4, 0.5) is 0 Å². The Labute approximate surface area is 378 Å². The average Bonchev–Trinajstić information content (AvgIpc) is 3.93. The minimum atomic E-state index is 0.524. The van der Waals surface area contributed by atoms with Crippen LogP contribution >= 0.6 is 0 Å². The summed E-state index contributed by atoms with van der Waals surface area (Å²) in [6, 6.07) is 77.4. The lowest BCUT2D eigenvalue weighted by molar-refractivity contribution is 0.673. The molecule has 0 spiro atoms. The Balaban J connectivity index is 1.13. The molecule has 5 nitrogen and oxygen atoms in total. The Morgan fingerprint density at radius 3 is 1.68 bits per heavy atom. The first-order chi connectivity index (χ1) is 32.7. The van der Waals surface area contributed by atoms with Gasteiger partial charge in [-0.1, -0.05) is 182 Å². The zero-order valence-corrected chi connectivity index (χ0v) is 35.5.